The normalized spacial score (nSPS) is 28.9. The minimum atomic E-state index is -5.64. The molecule has 2 unspecified atom stereocenters. The van der Waals surface area contributed by atoms with Crippen molar-refractivity contribution in [1.29, 1.82) is 0 Å². The summed E-state index contributed by atoms with van der Waals surface area (Å²) >= 11 is 0. The molecule has 25 nitrogen and oxygen atoms in total. The van der Waals surface area contributed by atoms with E-state index in [-0.39, 0.29) is 17.9 Å². The number of carbonyl (C=O) groups is 3. The second-order valence-corrected chi connectivity index (χ2v) is 15.1. The zero-order chi connectivity index (χ0) is 42.2. The molecule has 0 aromatic carbocycles. The first-order chi connectivity index (χ1) is 26.8. The predicted octanol–water partition coefficient (Wildman–Crippen LogP) is -3.79. The molecule has 2 fully saturated rings. The van der Waals surface area contributed by atoms with Gasteiger partial charge in [-0.15, -0.1) is 5.10 Å². The van der Waals surface area contributed by atoms with Crippen LogP contribution < -0.4 is 16.7 Å². The van der Waals surface area contributed by atoms with Crippen molar-refractivity contribution < 1.29 is 83.2 Å². The number of carboxylic acids is 2. The largest absolute Gasteiger partial charge is 0.481 e. The maximum absolute atomic E-state index is 13.1. The summed E-state index contributed by atoms with van der Waals surface area (Å²) < 4.78 is 35.5. The van der Waals surface area contributed by atoms with Crippen LogP contribution in [0.25, 0.3) is 0 Å². The number of phosphoric ester groups is 1. The van der Waals surface area contributed by atoms with E-state index in [4.69, 9.17) is 24.3 Å². The maximum atomic E-state index is 13.1. The quantitative estimate of drug-likeness (QED) is 0.0424. The standard InChI is InChI=1S/C31H48N7O18P/c1-2-3-4-5-6-15(28(46)47)9-16-11-37(36-35-16)12-21(42)34-22-17(40)10-31(29(48)49,55-26(22)23(43)18(41)13-39)56-57(51,52)53-14-19-24(44)25(45)27(54-19)38-8-7-20(32)33-30(38)50/h7-8,11,15,17-19,22-27,39-41,43-45H,2-6,9-10,12-14H2,1H3,(H,34,42)(H,46,47)(H,48,49)(H,51,52)(H2,32,33,50)/t15?,17-,18+,19+,22+,23+,24+,25+,26+,27+,31+/m0/s1. The van der Waals surface area contributed by atoms with E-state index in [0.29, 0.717) is 12.8 Å². The summed E-state index contributed by atoms with van der Waals surface area (Å²) in [6.45, 7) is -0.764. The third kappa shape index (κ3) is 11.6. The molecule has 57 heavy (non-hydrogen) atoms. The first kappa shape index (κ1) is 45.7. The monoisotopic (exact) mass is 837 g/mol. The van der Waals surface area contributed by atoms with Gasteiger partial charge < -0.3 is 66.3 Å². The third-order valence-electron chi connectivity index (χ3n) is 9.37. The van der Waals surface area contributed by atoms with E-state index >= 15 is 0 Å². The number of unbranched alkanes of at least 4 members (excludes halogenated alkanes) is 3. The fourth-order valence-corrected chi connectivity index (χ4v) is 7.31. The molecular formula is C31H48N7O18P. The number of aromatic nitrogens is 5. The number of carboxylic acid groups (broad SMARTS) is 2. The van der Waals surface area contributed by atoms with Gasteiger partial charge in [-0.3, -0.25) is 18.7 Å². The van der Waals surface area contributed by atoms with E-state index in [1.807, 2.05) is 6.92 Å². The zero-order valence-corrected chi connectivity index (χ0v) is 31.4. The predicted molar refractivity (Wildman–Crippen MR) is 186 cm³/mol. The van der Waals surface area contributed by atoms with Gasteiger partial charge in [0, 0.05) is 25.2 Å². The highest BCUT2D eigenvalue weighted by Gasteiger charge is 2.59. The van der Waals surface area contributed by atoms with Crippen LogP contribution >= 0.6 is 7.82 Å². The van der Waals surface area contributed by atoms with Crippen LogP contribution in [0.5, 0.6) is 0 Å². The molecule has 2 aliphatic heterocycles. The molecule has 2 aromatic heterocycles. The van der Waals surface area contributed by atoms with Crippen molar-refractivity contribution in [3.8, 4) is 0 Å². The summed E-state index contributed by atoms with van der Waals surface area (Å²) in [6.07, 6.45) is -10.2. The fourth-order valence-electron chi connectivity index (χ4n) is 6.35. The van der Waals surface area contributed by atoms with Gasteiger partial charge in [0.25, 0.3) is 5.79 Å². The van der Waals surface area contributed by atoms with Gasteiger partial charge in [-0.05, 0) is 12.5 Å². The van der Waals surface area contributed by atoms with Crippen LogP contribution in [0.15, 0.2) is 23.3 Å². The fraction of sp³-hybridized carbons (Fsp3) is 0.710. The highest BCUT2D eigenvalue weighted by atomic mass is 31.2. The van der Waals surface area contributed by atoms with Gasteiger partial charge in [-0.1, -0.05) is 37.8 Å². The molecule has 0 radical (unpaired) electrons. The Morgan fingerprint density at radius 2 is 1.88 bits per heavy atom. The number of aliphatic hydroxyl groups is 6. The molecule has 12 atom stereocenters. The lowest BCUT2D eigenvalue weighted by Crippen LogP contribution is -2.68. The highest BCUT2D eigenvalue weighted by Crippen LogP contribution is 2.51. The topological polar surface area (TPSA) is 391 Å². The Kier molecular flexibility index (Phi) is 15.8. The number of nitrogens with two attached hydrogens (primary N) is 1. The number of hydrogen-bond donors (Lipinski definition) is 11. The molecule has 4 heterocycles. The van der Waals surface area contributed by atoms with E-state index in [9.17, 15) is 69.5 Å². The number of aliphatic carboxylic acids is 2. The zero-order valence-electron chi connectivity index (χ0n) is 30.5. The number of anilines is 1. The molecule has 26 heteroatoms. The Morgan fingerprint density at radius 1 is 1.16 bits per heavy atom. The molecule has 320 valence electrons. The smallest absolute Gasteiger partial charge is 0.475 e. The third-order valence-corrected chi connectivity index (χ3v) is 10.4. The van der Waals surface area contributed by atoms with E-state index in [1.54, 1.807) is 0 Å². The number of nitrogens with one attached hydrogen (secondary N) is 1. The molecule has 0 aliphatic carbocycles. The van der Waals surface area contributed by atoms with Crippen LogP contribution in [0.1, 0.15) is 57.4 Å². The average Bonchev–Trinajstić information content (AvgIpc) is 3.70. The van der Waals surface area contributed by atoms with E-state index in [2.05, 4.69) is 20.6 Å². The lowest BCUT2D eigenvalue weighted by Gasteiger charge is -2.46. The summed E-state index contributed by atoms with van der Waals surface area (Å²) in [6, 6.07) is -0.575. The van der Waals surface area contributed by atoms with Gasteiger partial charge in [0.1, 0.15) is 49.0 Å². The molecule has 2 aromatic rings. The number of aliphatic hydroxyl groups excluding tert-OH is 6. The van der Waals surface area contributed by atoms with Crippen molar-refractivity contribution in [1.82, 2.24) is 29.9 Å². The maximum Gasteiger partial charge on any atom is 0.475 e. The minimum absolute atomic E-state index is 0.0284. The van der Waals surface area contributed by atoms with Crippen molar-refractivity contribution in [3.05, 3.63) is 34.6 Å². The van der Waals surface area contributed by atoms with E-state index in [1.165, 1.54) is 12.3 Å². The molecule has 0 bridgehead atoms. The molecule has 12 N–H and O–H groups in total. The van der Waals surface area contributed by atoms with Crippen molar-refractivity contribution in [2.75, 3.05) is 18.9 Å². The molecule has 4 rings (SSSR count). The SMILES string of the molecule is CCCCCCC(Cc1cn(CC(=O)N[C@H]2[C@H]([C@H](O)[C@H](O)CO)O[C@](OP(=O)(O)OC[C@H]3O[C@@H](n4ccc(N)nc4=O)[C@H](O)[C@@H]3O)(C(=O)O)C[C@@H]2O)nn1)C(=O)O. The van der Waals surface area contributed by atoms with Crippen molar-refractivity contribution in [3.63, 3.8) is 0 Å². The van der Waals surface area contributed by atoms with Gasteiger partial charge in [-0.2, -0.15) is 4.98 Å². The van der Waals surface area contributed by atoms with Gasteiger partial charge >= 0.3 is 25.5 Å². The average molecular weight is 838 g/mol. The summed E-state index contributed by atoms with van der Waals surface area (Å²) in [5.74, 6) is -8.34. The number of rotatable bonds is 21. The summed E-state index contributed by atoms with van der Waals surface area (Å²) in [4.78, 5) is 63.8. The summed E-state index contributed by atoms with van der Waals surface area (Å²) in [5.41, 5.74) is 4.75. The Bertz CT molecular complexity index is 1800. The Hall–Kier alpha value is -3.98. The molecule has 2 saturated heterocycles. The molecule has 1 amide bonds. The Labute approximate surface area is 323 Å². The van der Waals surface area contributed by atoms with E-state index < -0.39 is 124 Å². The molecule has 2 aliphatic rings. The van der Waals surface area contributed by atoms with Crippen LogP contribution in [-0.4, -0.2) is 156 Å². The highest BCUT2D eigenvalue weighted by molar-refractivity contribution is 7.47. The number of amides is 1. The van der Waals surface area contributed by atoms with Crippen molar-refractivity contribution >= 4 is 31.5 Å². The first-order valence-corrected chi connectivity index (χ1v) is 19.3. The van der Waals surface area contributed by atoms with E-state index in [0.717, 1.165) is 34.7 Å². The first-order valence-electron chi connectivity index (χ1n) is 17.8. The molecular weight excluding hydrogens is 789 g/mol. The van der Waals surface area contributed by atoms with Crippen molar-refractivity contribution in [2.45, 2.75) is 119 Å². The lowest BCUT2D eigenvalue weighted by atomic mass is 9.88. The van der Waals surface area contributed by atoms with Crippen LogP contribution in [0.3, 0.4) is 0 Å². The van der Waals surface area contributed by atoms with Crippen LogP contribution in [0.4, 0.5) is 5.82 Å². The molecule has 0 spiro atoms. The van der Waals surface area contributed by atoms with Crippen molar-refractivity contribution in [2.24, 2.45) is 5.92 Å². The van der Waals surface area contributed by atoms with Gasteiger partial charge in [0.05, 0.1) is 37.0 Å². The Balaban J connectivity index is 1.45. The van der Waals surface area contributed by atoms with Gasteiger partial charge in [0.15, 0.2) is 6.23 Å². The van der Waals surface area contributed by atoms with Crippen LogP contribution in [0, 0.1) is 5.92 Å². The summed E-state index contributed by atoms with van der Waals surface area (Å²) in [7, 11) is -5.64. The number of ether oxygens (including phenoxy) is 2. The number of carbonyl (C=O) groups excluding carboxylic acids is 1. The number of phosphoric acid groups is 1. The van der Waals surface area contributed by atoms with Gasteiger partial charge in [0.2, 0.25) is 5.91 Å². The lowest BCUT2D eigenvalue weighted by molar-refractivity contribution is -0.289. The number of hydrogen-bond acceptors (Lipinski definition) is 19. The summed E-state index contributed by atoms with van der Waals surface area (Å²) in [5, 5.41) is 92.4. The second-order valence-electron chi connectivity index (χ2n) is 13.7. The second kappa shape index (κ2) is 19.6. The number of nitrogens with zero attached hydrogens (tertiary/aromatic N) is 5. The minimum Gasteiger partial charge on any atom is -0.481 e. The Morgan fingerprint density at radius 3 is 2.51 bits per heavy atom. The van der Waals surface area contributed by atoms with Crippen LogP contribution in [0.2, 0.25) is 0 Å². The molecule has 0 saturated carbocycles. The van der Waals surface area contributed by atoms with Gasteiger partial charge in [-0.25, -0.2) is 23.4 Å². The van der Waals surface area contributed by atoms with Crippen LogP contribution in [-0.2, 0) is 50.4 Å². The number of nitrogen functional groups attached to an aromatic ring is 1.